The van der Waals surface area contributed by atoms with Gasteiger partial charge < -0.3 is 14.0 Å². The molecule has 0 aromatic carbocycles. The van der Waals surface area contributed by atoms with Gasteiger partial charge in [-0.2, -0.15) is 0 Å². The average molecular weight is 300 g/mol. The number of nitrogens with zero attached hydrogens (tertiary/aromatic N) is 2. The van der Waals surface area contributed by atoms with Gasteiger partial charge in [-0.25, -0.2) is 4.79 Å². The van der Waals surface area contributed by atoms with E-state index in [2.05, 4.69) is 6.58 Å². The van der Waals surface area contributed by atoms with E-state index in [1.807, 2.05) is 34.9 Å². The monoisotopic (exact) mass is 300 g/mol. The van der Waals surface area contributed by atoms with Crippen LogP contribution in [0.2, 0.25) is 0 Å². The average Bonchev–Trinajstić information content (AvgIpc) is 2.85. The van der Waals surface area contributed by atoms with E-state index < -0.39 is 5.97 Å². The summed E-state index contributed by atoms with van der Waals surface area (Å²) >= 11 is 0. The second kappa shape index (κ2) is 6.47. The minimum Gasteiger partial charge on any atom is -0.463 e. The number of esters is 1. The van der Waals surface area contributed by atoms with Crippen molar-refractivity contribution in [1.29, 1.82) is 0 Å². The van der Waals surface area contributed by atoms with Crippen molar-refractivity contribution in [2.24, 2.45) is 0 Å². The molecule has 0 saturated heterocycles. The Morgan fingerprint density at radius 3 is 2.68 bits per heavy atom. The van der Waals surface area contributed by atoms with Gasteiger partial charge in [0.05, 0.1) is 17.7 Å². The molecule has 0 saturated carbocycles. The lowest BCUT2D eigenvalue weighted by molar-refractivity contribution is -0.138. The highest BCUT2D eigenvalue weighted by atomic mass is 16.5. The molecule has 22 heavy (non-hydrogen) atoms. The van der Waals surface area contributed by atoms with Crippen LogP contribution in [0.5, 0.6) is 0 Å². The zero-order valence-electron chi connectivity index (χ0n) is 13.1. The van der Waals surface area contributed by atoms with Crippen molar-refractivity contribution >= 4 is 17.4 Å². The Hall–Kier alpha value is -2.56. The van der Waals surface area contributed by atoms with Crippen molar-refractivity contribution < 1.29 is 14.3 Å². The molecule has 0 atom stereocenters. The Labute approximate surface area is 129 Å². The summed E-state index contributed by atoms with van der Waals surface area (Å²) in [5, 5.41) is 0. The fourth-order valence-electron chi connectivity index (χ4n) is 2.30. The molecule has 0 aliphatic heterocycles. The van der Waals surface area contributed by atoms with E-state index in [0.29, 0.717) is 24.2 Å². The van der Waals surface area contributed by atoms with Crippen molar-refractivity contribution in [1.82, 2.24) is 9.30 Å². The van der Waals surface area contributed by atoms with Crippen molar-refractivity contribution in [2.45, 2.75) is 13.3 Å². The van der Waals surface area contributed by atoms with Crippen molar-refractivity contribution in [2.75, 3.05) is 20.7 Å². The molecule has 0 aliphatic carbocycles. The van der Waals surface area contributed by atoms with Crippen LogP contribution in [-0.4, -0.2) is 41.9 Å². The van der Waals surface area contributed by atoms with Gasteiger partial charge in [-0.1, -0.05) is 12.6 Å². The Morgan fingerprint density at radius 2 is 2.05 bits per heavy atom. The zero-order valence-corrected chi connectivity index (χ0v) is 13.1. The molecule has 0 bridgehead atoms. The molecule has 1 amide bonds. The summed E-state index contributed by atoms with van der Waals surface area (Å²) in [6.45, 7) is 5.85. The third-order valence-corrected chi connectivity index (χ3v) is 3.35. The standard InChI is InChI=1S/C17H20N2O3/c1-5-22-17(21)12(2)10-13-11-14(16(20)18(3)4)15-8-6-7-9-19(13)15/h6-9,11H,2,5,10H2,1,3-4H3. The fraction of sp³-hybridized carbons (Fsp3) is 0.294. The SMILES string of the molecule is C=C(Cc1cc(C(=O)N(C)C)c2ccccn12)C(=O)OCC. The largest absolute Gasteiger partial charge is 0.463 e. The first kappa shape index (κ1) is 15.8. The van der Waals surface area contributed by atoms with E-state index in [-0.39, 0.29) is 5.91 Å². The van der Waals surface area contributed by atoms with Crippen molar-refractivity contribution in [3.05, 3.63) is 53.9 Å². The number of amides is 1. The quantitative estimate of drug-likeness (QED) is 0.629. The highest BCUT2D eigenvalue weighted by Crippen LogP contribution is 2.20. The van der Waals surface area contributed by atoms with Crippen LogP contribution < -0.4 is 0 Å². The molecular weight excluding hydrogens is 280 g/mol. The maximum absolute atomic E-state index is 12.3. The van der Waals surface area contributed by atoms with E-state index in [4.69, 9.17) is 4.74 Å². The molecule has 0 spiro atoms. The number of hydrogen-bond donors (Lipinski definition) is 0. The number of pyridine rings is 1. The lowest BCUT2D eigenvalue weighted by Crippen LogP contribution is -2.21. The highest BCUT2D eigenvalue weighted by Gasteiger charge is 2.18. The Kier molecular flexibility index (Phi) is 4.65. The second-order valence-electron chi connectivity index (χ2n) is 5.21. The molecule has 0 radical (unpaired) electrons. The fourth-order valence-corrected chi connectivity index (χ4v) is 2.30. The number of carbonyl (C=O) groups excluding carboxylic acids is 2. The minimum absolute atomic E-state index is 0.0725. The van der Waals surface area contributed by atoms with Crippen LogP contribution in [0.15, 0.2) is 42.6 Å². The van der Waals surface area contributed by atoms with Crippen LogP contribution in [0.1, 0.15) is 23.0 Å². The molecule has 0 unspecified atom stereocenters. The molecule has 2 aromatic heterocycles. The van der Waals surface area contributed by atoms with E-state index in [1.165, 1.54) is 4.90 Å². The van der Waals surface area contributed by atoms with Crippen molar-refractivity contribution in [3.8, 4) is 0 Å². The number of ether oxygens (including phenoxy) is 1. The van der Waals surface area contributed by atoms with Gasteiger partial charge in [-0.15, -0.1) is 0 Å². The second-order valence-corrected chi connectivity index (χ2v) is 5.21. The lowest BCUT2D eigenvalue weighted by Gasteiger charge is -2.08. The molecule has 0 fully saturated rings. The third-order valence-electron chi connectivity index (χ3n) is 3.35. The number of carbonyl (C=O) groups is 2. The zero-order chi connectivity index (χ0) is 16.3. The molecular formula is C17H20N2O3. The summed E-state index contributed by atoms with van der Waals surface area (Å²) in [5.41, 5.74) is 2.62. The molecule has 0 aliphatic rings. The normalized spacial score (nSPS) is 10.5. The van der Waals surface area contributed by atoms with E-state index in [9.17, 15) is 9.59 Å². The summed E-state index contributed by atoms with van der Waals surface area (Å²) in [4.78, 5) is 25.6. The number of aromatic nitrogens is 1. The molecule has 2 heterocycles. The van der Waals surface area contributed by atoms with Gasteiger partial charge in [0.1, 0.15) is 0 Å². The van der Waals surface area contributed by atoms with E-state index >= 15 is 0 Å². The summed E-state index contributed by atoms with van der Waals surface area (Å²) in [6, 6.07) is 7.45. The summed E-state index contributed by atoms with van der Waals surface area (Å²) in [7, 11) is 3.43. The first-order valence-corrected chi connectivity index (χ1v) is 7.11. The van der Waals surface area contributed by atoms with Gasteiger partial charge in [0.2, 0.25) is 0 Å². The maximum atomic E-state index is 12.3. The number of rotatable bonds is 5. The predicted molar refractivity (Wildman–Crippen MR) is 84.9 cm³/mol. The van der Waals surface area contributed by atoms with Gasteiger partial charge in [0, 0.05) is 38.0 Å². The van der Waals surface area contributed by atoms with Gasteiger partial charge in [-0.05, 0) is 25.1 Å². The number of fused-ring (bicyclic) bond motifs is 1. The van der Waals surface area contributed by atoms with Gasteiger partial charge >= 0.3 is 5.97 Å². The Bertz CT molecular complexity index is 729. The first-order chi connectivity index (χ1) is 10.5. The molecule has 0 N–H and O–H groups in total. The molecule has 2 aromatic rings. The van der Waals surface area contributed by atoms with Crippen LogP contribution in [-0.2, 0) is 16.0 Å². The molecule has 5 heteroatoms. The Balaban J connectivity index is 2.41. The summed E-state index contributed by atoms with van der Waals surface area (Å²) in [5.74, 6) is -0.481. The Morgan fingerprint density at radius 1 is 1.32 bits per heavy atom. The maximum Gasteiger partial charge on any atom is 0.333 e. The topological polar surface area (TPSA) is 51.0 Å². The van der Waals surface area contributed by atoms with E-state index in [1.54, 1.807) is 21.0 Å². The smallest absolute Gasteiger partial charge is 0.333 e. The minimum atomic E-state index is -0.408. The third kappa shape index (κ3) is 3.03. The van der Waals surface area contributed by atoms with Crippen LogP contribution in [0.4, 0.5) is 0 Å². The molecule has 5 nitrogen and oxygen atoms in total. The van der Waals surface area contributed by atoms with Crippen molar-refractivity contribution in [3.63, 3.8) is 0 Å². The highest BCUT2D eigenvalue weighted by molar-refractivity contribution is 6.01. The summed E-state index contributed by atoms with van der Waals surface area (Å²) < 4.78 is 6.86. The number of hydrogen-bond acceptors (Lipinski definition) is 3. The van der Waals surface area contributed by atoms with E-state index in [0.717, 1.165) is 11.2 Å². The summed E-state index contributed by atoms with van der Waals surface area (Å²) in [6.07, 6.45) is 2.21. The van der Waals surface area contributed by atoms with Crippen LogP contribution in [0.25, 0.3) is 5.52 Å². The van der Waals surface area contributed by atoms with Crippen LogP contribution in [0, 0.1) is 0 Å². The van der Waals surface area contributed by atoms with Gasteiger partial charge in [0.25, 0.3) is 5.91 Å². The predicted octanol–water partition coefficient (Wildman–Crippen LogP) is 2.30. The lowest BCUT2D eigenvalue weighted by atomic mass is 10.1. The molecule has 2 rings (SSSR count). The van der Waals surface area contributed by atoms with Crippen LogP contribution >= 0.6 is 0 Å². The van der Waals surface area contributed by atoms with Gasteiger partial charge in [-0.3, -0.25) is 4.79 Å². The first-order valence-electron chi connectivity index (χ1n) is 7.11. The molecule has 116 valence electrons. The van der Waals surface area contributed by atoms with Gasteiger partial charge in [0.15, 0.2) is 0 Å². The van der Waals surface area contributed by atoms with Crippen LogP contribution in [0.3, 0.4) is 0 Å².